The molecule has 2 aromatic carbocycles. The number of halogens is 1. The number of carbonyl (C=O) groups is 1. The lowest BCUT2D eigenvalue weighted by molar-refractivity contribution is 0.0945. The van der Waals surface area contributed by atoms with Crippen molar-refractivity contribution >= 4 is 11.6 Å². The average molecular weight is 349 g/mol. The summed E-state index contributed by atoms with van der Waals surface area (Å²) in [6, 6.07) is 18.1. The number of aromatic nitrogens is 1. The van der Waals surface area contributed by atoms with Gasteiger partial charge in [-0.1, -0.05) is 48.0 Å². The third-order valence-electron chi connectivity index (χ3n) is 3.97. The van der Waals surface area contributed by atoms with Gasteiger partial charge in [0.2, 0.25) is 0 Å². The first-order chi connectivity index (χ1) is 12.6. The molecular formula is C21H20FN3O. The Labute approximate surface area is 152 Å². The van der Waals surface area contributed by atoms with Gasteiger partial charge in [0.15, 0.2) is 0 Å². The molecule has 1 amide bonds. The number of nitrogens with zero attached hydrogens (tertiary/aromatic N) is 1. The molecule has 3 rings (SSSR count). The second kappa shape index (κ2) is 8.25. The highest BCUT2D eigenvalue weighted by atomic mass is 19.1. The van der Waals surface area contributed by atoms with Gasteiger partial charge in [-0.2, -0.15) is 0 Å². The van der Waals surface area contributed by atoms with Crippen LogP contribution in [0.5, 0.6) is 0 Å². The summed E-state index contributed by atoms with van der Waals surface area (Å²) in [5, 5.41) is 5.98. The van der Waals surface area contributed by atoms with Crippen molar-refractivity contribution in [2.45, 2.75) is 20.0 Å². The zero-order valence-corrected chi connectivity index (χ0v) is 14.5. The summed E-state index contributed by atoms with van der Waals surface area (Å²) in [7, 11) is 0. The van der Waals surface area contributed by atoms with E-state index in [1.54, 1.807) is 30.5 Å². The van der Waals surface area contributed by atoms with Crippen molar-refractivity contribution in [3.8, 4) is 0 Å². The predicted molar refractivity (Wildman–Crippen MR) is 100 cm³/mol. The van der Waals surface area contributed by atoms with Gasteiger partial charge >= 0.3 is 0 Å². The summed E-state index contributed by atoms with van der Waals surface area (Å²) in [5.74, 6) is -0.679. The topological polar surface area (TPSA) is 54.0 Å². The van der Waals surface area contributed by atoms with E-state index in [9.17, 15) is 9.18 Å². The van der Waals surface area contributed by atoms with Crippen molar-refractivity contribution in [2.24, 2.45) is 0 Å². The minimum Gasteiger partial charge on any atom is -0.381 e. The standard InChI is InChI=1S/C21H20FN3O/c1-15-5-4-6-16(11-15)13-24-18-9-10-23-20(12-18)21(26)25-14-17-7-2-3-8-19(17)22/h2-12H,13-14H2,1H3,(H,23,24)(H,25,26). The van der Waals surface area contributed by atoms with E-state index in [-0.39, 0.29) is 24.0 Å². The first kappa shape index (κ1) is 17.6. The molecule has 4 nitrogen and oxygen atoms in total. The molecule has 2 N–H and O–H groups in total. The number of benzene rings is 2. The molecule has 0 saturated heterocycles. The molecule has 132 valence electrons. The van der Waals surface area contributed by atoms with Gasteiger partial charge in [0.1, 0.15) is 11.5 Å². The van der Waals surface area contributed by atoms with Crippen LogP contribution in [0.3, 0.4) is 0 Å². The molecule has 26 heavy (non-hydrogen) atoms. The van der Waals surface area contributed by atoms with Crippen LogP contribution in [-0.4, -0.2) is 10.9 Å². The minimum absolute atomic E-state index is 0.119. The van der Waals surface area contributed by atoms with Crippen molar-refractivity contribution in [3.05, 3.63) is 95.1 Å². The molecular weight excluding hydrogens is 329 g/mol. The molecule has 0 fully saturated rings. The van der Waals surface area contributed by atoms with E-state index in [2.05, 4.69) is 21.7 Å². The molecule has 0 atom stereocenters. The van der Waals surface area contributed by atoms with E-state index in [1.807, 2.05) is 31.2 Å². The third-order valence-corrected chi connectivity index (χ3v) is 3.97. The van der Waals surface area contributed by atoms with Crippen LogP contribution in [0.1, 0.15) is 27.2 Å². The Morgan fingerprint density at radius 1 is 1.04 bits per heavy atom. The first-order valence-electron chi connectivity index (χ1n) is 8.39. The monoisotopic (exact) mass is 349 g/mol. The maximum absolute atomic E-state index is 13.6. The first-order valence-corrected chi connectivity index (χ1v) is 8.39. The van der Waals surface area contributed by atoms with Gasteiger partial charge in [-0.3, -0.25) is 9.78 Å². The van der Waals surface area contributed by atoms with Gasteiger partial charge in [-0.05, 0) is 30.7 Å². The maximum Gasteiger partial charge on any atom is 0.270 e. The lowest BCUT2D eigenvalue weighted by Gasteiger charge is -2.09. The van der Waals surface area contributed by atoms with E-state index in [4.69, 9.17) is 0 Å². The Balaban J connectivity index is 1.61. The van der Waals surface area contributed by atoms with Crippen LogP contribution in [-0.2, 0) is 13.1 Å². The zero-order valence-electron chi connectivity index (χ0n) is 14.5. The zero-order chi connectivity index (χ0) is 18.4. The molecule has 0 aliphatic heterocycles. The van der Waals surface area contributed by atoms with Crippen molar-refractivity contribution in [1.82, 2.24) is 10.3 Å². The fourth-order valence-corrected chi connectivity index (χ4v) is 2.60. The summed E-state index contributed by atoms with van der Waals surface area (Å²) >= 11 is 0. The number of hydrogen-bond acceptors (Lipinski definition) is 3. The number of carbonyl (C=O) groups excluding carboxylic acids is 1. The number of amides is 1. The highest BCUT2D eigenvalue weighted by Crippen LogP contribution is 2.12. The quantitative estimate of drug-likeness (QED) is 0.705. The van der Waals surface area contributed by atoms with Crippen molar-refractivity contribution in [1.29, 1.82) is 0 Å². The Morgan fingerprint density at radius 2 is 1.88 bits per heavy atom. The van der Waals surface area contributed by atoms with Crippen LogP contribution in [0.4, 0.5) is 10.1 Å². The second-order valence-electron chi connectivity index (χ2n) is 6.05. The molecule has 0 bridgehead atoms. The van der Waals surface area contributed by atoms with Crippen LogP contribution in [0, 0.1) is 12.7 Å². The Hall–Kier alpha value is -3.21. The summed E-state index contributed by atoms with van der Waals surface area (Å²) in [5.41, 5.74) is 3.89. The van der Waals surface area contributed by atoms with Gasteiger partial charge in [0.05, 0.1) is 0 Å². The molecule has 0 radical (unpaired) electrons. The molecule has 0 saturated carbocycles. The summed E-state index contributed by atoms with van der Waals surface area (Å²) in [6.07, 6.45) is 1.58. The van der Waals surface area contributed by atoms with Crippen LogP contribution in [0.2, 0.25) is 0 Å². The molecule has 0 spiro atoms. The Morgan fingerprint density at radius 3 is 2.69 bits per heavy atom. The van der Waals surface area contributed by atoms with Gasteiger partial charge < -0.3 is 10.6 Å². The van der Waals surface area contributed by atoms with Crippen LogP contribution in [0.15, 0.2) is 66.9 Å². The largest absolute Gasteiger partial charge is 0.381 e. The molecule has 1 heterocycles. The van der Waals surface area contributed by atoms with Crippen molar-refractivity contribution in [3.63, 3.8) is 0 Å². The Kier molecular flexibility index (Phi) is 5.59. The summed E-state index contributed by atoms with van der Waals surface area (Å²) in [6.45, 7) is 2.82. The highest BCUT2D eigenvalue weighted by molar-refractivity contribution is 5.93. The Bertz CT molecular complexity index is 911. The second-order valence-corrected chi connectivity index (χ2v) is 6.05. The van der Waals surface area contributed by atoms with Crippen molar-refractivity contribution < 1.29 is 9.18 Å². The fourth-order valence-electron chi connectivity index (χ4n) is 2.60. The SMILES string of the molecule is Cc1cccc(CNc2ccnc(C(=O)NCc3ccccc3F)c2)c1. The van der Waals surface area contributed by atoms with E-state index in [0.29, 0.717) is 12.1 Å². The van der Waals surface area contributed by atoms with Crippen LogP contribution >= 0.6 is 0 Å². The molecule has 5 heteroatoms. The minimum atomic E-state index is -0.340. The summed E-state index contributed by atoms with van der Waals surface area (Å²) in [4.78, 5) is 16.4. The molecule has 0 unspecified atom stereocenters. The van der Waals surface area contributed by atoms with Crippen LogP contribution in [0.25, 0.3) is 0 Å². The van der Waals surface area contributed by atoms with E-state index in [1.165, 1.54) is 11.6 Å². The van der Waals surface area contributed by atoms with E-state index in [0.717, 1.165) is 11.3 Å². The van der Waals surface area contributed by atoms with Gasteiger partial charge in [-0.25, -0.2) is 4.39 Å². The van der Waals surface area contributed by atoms with E-state index < -0.39 is 0 Å². The number of hydrogen-bond donors (Lipinski definition) is 2. The van der Waals surface area contributed by atoms with Gasteiger partial charge in [0, 0.05) is 30.5 Å². The lowest BCUT2D eigenvalue weighted by Crippen LogP contribution is -2.24. The predicted octanol–water partition coefficient (Wildman–Crippen LogP) is 4.07. The molecule has 0 aliphatic carbocycles. The van der Waals surface area contributed by atoms with Gasteiger partial charge in [-0.15, -0.1) is 0 Å². The average Bonchev–Trinajstić information content (AvgIpc) is 2.66. The number of aryl methyl sites for hydroxylation is 1. The number of rotatable bonds is 6. The third kappa shape index (κ3) is 4.66. The number of anilines is 1. The normalized spacial score (nSPS) is 10.4. The number of pyridine rings is 1. The number of nitrogens with one attached hydrogen (secondary N) is 2. The lowest BCUT2D eigenvalue weighted by atomic mass is 10.1. The van der Waals surface area contributed by atoms with Gasteiger partial charge in [0.25, 0.3) is 5.91 Å². The van der Waals surface area contributed by atoms with Crippen LogP contribution < -0.4 is 10.6 Å². The maximum atomic E-state index is 13.6. The van der Waals surface area contributed by atoms with E-state index >= 15 is 0 Å². The molecule has 1 aromatic heterocycles. The molecule has 3 aromatic rings. The van der Waals surface area contributed by atoms with Crippen molar-refractivity contribution in [2.75, 3.05) is 5.32 Å². The molecule has 0 aliphatic rings. The summed E-state index contributed by atoms with van der Waals surface area (Å²) < 4.78 is 13.6. The smallest absolute Gasteiger partial charge is 0.270 e. The highest BCUT2D eigenvalue weighted by Gasteiger charge is 2.09. The fraction of sp³-hybridized carbons (Fsp3) is 0.143.